The molecule has 2 amide bonds. The lowest BCUT2D eigenvalue weighted by atomic mass is 9.95. The molecule has 0 bridgehead atoms. The number of hydrogen-bond acceptors (Lipinski definition) is 4. The second-order valence-corrected chi connectivity index (χ2v) is 6.22. The molecule has 0 aliphatic carbocycles. The van der Waals surface area contributed by atoms with Gasteiger partial charge in [-0.05, 0) is 44.2 Å². The Labute approximate surface area is 135 Å². The van der Waals surface area contributed by atoms with E-state index < -0.39 is 6.04 Å². The first-order valence-electron chi connectivity index (χ1n) is 8.23. The van der Waals surface area contributed by atoms with Crippen LogP contribution in [0.15, 0.2) is 22.8 Å². The molecule has 3 heterocycles. The van der Waals surface area contributed by atoms with Gasteiger partial charge in [-0.2, -0.15) is 5.26 Å². The maximum atomic E-state index is 12.9. The Bertz CT molecular complexity index is 597. The average Bonchev–Trinajstić information content (AvgIpc) is 3.15. The molecular weight excluding hydrogens is 294 g/mol. The number of carbonyl (C=O) groups is 2. The van der Waals surface area contributed by atoms with Crippen LogP contribution in [0.25, 0.3) is 0 Å². The first kappa shape index (κ1) is 15.6. The predicted octanol–water partition coefficient (Wildman–Crippen LogP) is 2.04. The highest BCUT2D eigenvalue weighted by Gasteiger charge is 2.37. The fraction of sp³-hybridized carbons (Fsp3) is 0.588. The topological polar surface area (TPSA) is 77.5 Å². The SMILES string of the molecule is N#CC1CCN(C(=O)C2CCCCN2C(=O)c2ccco2)CC1. The quantitative estimate of drug-likeness (QED) is 0.836. The molecule has 1 unspecified atom stereocenters. The number of furan rings is 1. The van der Waals surface area contributed by atoms with Gasteiger partial charge in [0.25, 0.3) is 5.91 Å². The van der Waals surface area contributed by atoms with Gasteiger partial charge in [-0.3, -0.25) is 9.59 Å². The minimum absolute atomic E-state index is 0.0148. The highest BCUT2D eigenvalue weighted by atomic mass is 16.3. The molecule has 23 heavy (non-hydrogen) atoms. The zero-order valence-electron chi connectivity index (χ0n) is 13.1. The van der Waals surface area contributed by atoms with E-state index in [9.17, 15) is 9.59 Å². The van der Waals surface area contributed by atoms with E-state index in [1.165, 1.54) is 6.26 Å². The molecule has 0 saturated carbocycles. The Hall–Kier alpha value is -2.29. The first-order valence-corrected chi connectivity index (χ1v) is 8.23. The Morgan fingerprint density at radius 3 is 2.61 bits per heavy atom. The normalized spacial score (nSPS) is 22.7. The van der Waals surface area contributed by atoms with Gasteiger partial charge in [0.05, 0.1) is 12.3 Å². The van der Waals surface area contributed by atoms with Crippen LogP contribution in [0.2, 0.25) is 0 Å². The van der Waals surface area contributed by atoms with Gasteiger partial charge >= 0.3 is 0 Å². The number of nitriles is 1. The number of nitrogens with zero attached hydrogens (tertiary/aromatic N) is 3. The molecule has 6 nitrogen and oxygen atoms in total. The summed E-state index contributed by atoms with van der Waals surface area (Å²) in [5, 5.41) is 8.97. The number of amides is 2. The van der Waals surface area contributed by atoms with E-state index in [1.807, 2.05) is 4.90 Å². The summed E-state index contributed by atoms with van der Waals surface area (Å²) >= 11 is 0. The van der Waals surface area contributed by atoms with Crippen LogP contribution in [-0.2, 0) is 4.79 Å². The zero-order valence-corrected chi connectivity index (χ0v) is 13.1. The monoisotopic (exact) mass is 315 g/mol. The second-order valence-electron chi connectivity index (χ2n) is 6.22. The minimum atomic E-state index is -0.403. The van der Waals surface area contributed by atoms with Crippen molar-refractivity contribution >= 4 is 11.8 Å². The van der Waals surface area contributed by atoms with Crippen molar-refractivity contribution in [3.8, 4) is 6.07 Å². The predicted molar refractivity (Wildman–Crippen MR) is 82.3 cm³/mol. The Kier molecular flexibility index (Phi) is 4.65. The van der Waals surface area contributed by atoms with E-state index in [2.05, 4.69) is 6.07 Å². The average molecular weight is 315 g/mol. The van der Waals surface area contributed by atoms with E-state index >= 15 is 0 Å². The summed E-state index contributed by atoms with van der Waals surface area (Å²) in [6.07, 6.45) is 5.48. The molecule has 1 atom stereocenters. The van der Waals surface area contributed by atoms with E-state index in [0.29, 0.717) is 26.1 Å². The summed E-state index contributed by atoms with van der Waals surface area (Å²) < 4.78 is 5.20. The second kappa shape index (κ2) is 6.86. The summed E-state index contributed by atoms with van der Waals surface area (Å²) in [4.78, 5) is 28.9. The molecule has 1 aromatic heterocycles. The van der Waals surface area contributed by atoms with Gasteiger partial charge in [0.2, 0.25) is 5.91 Å². The molecule has 0 radical (unpaired) electrons. The van der Waals surface area contributed by atoms with Gasteiger partial charge < -0.3 is 14.2 Å². The van der Waals surface area contributed by atoms with Crippen molar-refractivity contribution in [2.75, 3.05) is 19.6 Å². The largest absolute Gasteiger partial charge is 0.459 e. The van der Waals surface area contributed by atoms with Crippen molar-refractivity contribution in [1.82, 2.24) is 9.80 Å². The maximum Gasteiger partial charge on any atom is 0.290 e. The van der Waals surface area contributed by atoms with E-state index in [4.69, 9.17) is 9.68 Å². The van der Waals surface area contributed by atoms with Crippen LogP contribution >= 0.6 is 0 Å². The molecule has 0 aromatic carbocycles. The van der Waals surface area contributed by atoms with Crippen molar-refractivity contribution in [2.45, 2.75) is 38.1 Å². The van der Waals surface area contributed by atoms with Gasteiger partial charge in [-0.25, -0.2) is 0 Å². The number of hydrogen-bond donors (Lipinski definition) is 0. The molecule has 0 spiro atoms. The van der Waals surface area contributed by atoms with Crippen molar-refractivity contribution in [1.29, 1.82) is 5.26 Å². The van der Waals surface area contributed by atoms with Crippen LogP contribution in [0.4, 0.5) is 0 Å². The molecule has 2 aliphatic rings. The molecule has 2 saturated heterocycles. The number of carbonyl (C=O) groups excluding carboxylic acids is 2. The third kappa shape index (κ3) is 3.24. The zero-order chi connectivity index (χ0) is 16.2. The summed E-state index contributed by atoms with van der Waals surface area (Å²) in [6, 6.07) is 5.19. The van der Waals surface area contributed by atoms with Crippen molar-refractivity contribution in [3.05, 3.63) is 24.2 Å². The lowest BCUT2D eigenvalue weighted by Crippen LogP contribution is -2.54. The molecule has 122 valence electrons. The molecule has 2 aliphatic heterocycles. The third-order valence-corrected chi connectivity index (χ3v) is 4.77. The minimum Gasteiger partial charge on any atom is -0.459 e. The number of rotatable bonds is 2. The van der Waals surface area contributed by atoms with Gasteiger partial charge in [0.1, 0.15) is 6.04 Å². The summed E-state index contributed by atoms with van der Waals surface area (Å²) in [5.41, 5.74) is 0. The lowest BCUT2D eigenvalue weighted by Gasteiger charge is -2.39. The third-order valence-electron chi connectivity index (χ3n) is 4.77. The van der Waals surface area contributed by atoms with E-state index in [-0.39, 0.29) is 23.5 Å². The molecule has 3 rings (SSSR count). The maximum absolute atomic E-state index is 12.9. The highest BCUT2D eigenvalue weighted by Crippen LogP contribution is 2.24. The molecule has 6 heteroatoms. The van der Waals surface area contributed by atoms with Crippen LogP contribution < -0.4 is 0 Å². The van der Waals surface area contributed by atoms with E-state index in [0.717, 1.165) is 25.7 Å². The van der Waals surface area contributed by atoms with E-state index in [1.54, 1.807) is 17.0 Å². The van der Waals surface area contributed by atoms with Gasteiger partial charge in [-0.15, -0.1) is 0 Å². The molecule has 2 fully saturated rings. The van der Waals surface area contributed by atoms with Gasteiger partial charge in [0.15, 0.2) is 5.76 Å². The smallest absolute Gasteiger partial charge is 0.290 e. The Morgan fingerprint density at radius 2 is 1.96 bits per heavy atom. The van der Waals surface area contributed by atoms with Crippen molar-refractivity contribution < 1.29 is 14.0 Å². The fourth-order valence-corrected chi connectivity index (χ4v) is 3.41. The summed E-state index contributed by atoms with van der Waals surface area (Å²) in [6.45, 7) is 1.80. The lowest BCUT2D eigenvalue weighted by molar-refractivity contribution is -0.138. The summed E-state index contributed by atoms with van der Waals surface area (Å²) in [5.74, 6) is 0.139. The molecule has 0 N–H and O–H groups in total. The highest BCUT2D eigenvalue weighted by molar-refractivity contribution is 5.95. The molecule has 1 aromatic rings. The van der Waals surface area contributed by atoms with Crippen molar-refractivity contribution in [3.63, 3.8) is 0 Å². The van der Waals surface area contributed by atoms with Crippen LogP contribution in [0.1, 0.15) is 42.7 Å². The first-order chi connectivity index (χ1) is 11.2. The number of piperidine rings is 2. The van der Waals surface area contributed by atoms with Crippen LogP contribution in [0, 0.1) is 17.2 Å². The summed E-state index contributed by atoms with van der Waals surface area (Å²) in [7, 11) is 0. The Balaban J connectivity index is 1.70. The Morgan fingerprint density at radius 1 is 1.17 bits per heavy atom. The molecular formula is C17H21N3O3. The van der Waals surface area contributed by atoms with Gasteiger partial charge in [-0.1, -0.05) is 0 Å². The van der Waals surface area contributed by atoms with Crippen LogP contribution in [0.3, 0.4) is 0 Å². The van der Waals surface area contributed by atoms with Crippen molar-refractivity contribution in [2.24, 2.45) is 5.92 Å². The van der Waals surface area contributed by atoms with Gasteiger partial charge in [0, 0.05) is 25.6 Å². The van der Waals surface area contributed by atoms with Crippen LogP contribution in [-0.4, -0.2) is 47.3 Å². The standard InChI is InChI=1S/C17H21N3O3/c18-12-13-6-9-19(10-7-13)16(21)14-4-1-2-8-20(14)17(22)15-5-3-11-23-15/h3,5,11,13-14H,1-2,4,6-10H2. The fourth-order valence-electron chi connectivity index (χ4n) is 3.41. The number of likely N-dealkylation sites (tertiary alicyclic amines) is 2. The van der Waals surface area contributed by atoms with Crippen LogP contribution in [0.5, 0.6) is 0 Å².